The summed E-state index contributed by atoms with van der Waals surface area (Å²) < 4.78 is 29.1. The van der Waals surface area contributed by atoms with Crippen molar-refractivity contribution < 1.29 is 13.9 Å². The summed E-state index contributed by atoms with van der Waals surface area (Å²) in [6.45, 7) is 0. The van der Waals surface area contributed by atoms with Crippen LogP contribution in [0.15, 0.2) is 43.1 Å². The third-order valence-electron chi connectivity index (χ3n) is 4.82. The fourth-order valence-corrected chi connectivity index (χ4v) is 3.32. The molecule has 0 amide bonds. The van der Waals surface area contributed by atoms with Crippen LogP contribution in [0.3, 0.4) is 0 Å². The SMILES string of the molecule is CN(c1ncc(-c2ccc(-n3ccnc3)cc2O)nn1)[C@@H]1C[C@@H](F)C[C@H]1F. The second-order valence-electron chi connectivity index (χ2n) is 6.58. The third-order valence-corrected chi connectivity index (χ3v) is 4.82. The van der Waals surface area contributed by atoms with Crippen LogP contribution in [0.25, 0.3) is 16.9 Å². The van der Waals surface area contributed by atoms with Crippen LogP contribution in [0.4, 0.5) is 14.7 Å². The highest BCUT2D eigenvalue weighted by atomic mass is 19.1. The summed E-state index contributed by atoms with van der Waals surface area (Å²) in [6.07, 6.45) is 4.11. The van der Waals surface area contributed by atoms with Crippen molar-refractivity contribution >= 4 is 5.95 Å². The van der Waals surface area contributed by atoms with Gasteiger partial charge in [0.15, 0.2) is 0 Å². The van der Waals surface area contributed by atoms with Gasteiger partial charge in [0.05, 0.1) is 24.3 Å². The minimum atomic E-state index is -1.26. The average Bonchev–Trinajstić information content (AvgIpc) is 3.31. The number of rotatable bonds is 4. The highest BCUT2D eigenvalue weighted by molar-refractivity contribution is 5.68. The van der Waals surface area contributed by atoms with E-state index < -0.39 is 18.4 Å². The lowest BCUT2D eigenvalue weighted by molar-refractivity contribution is 0.283. The van der Waals surface area contributed by atoms with Crippen LogP contribution in [-0.4, -0.2) is 55.3 Å². The van der Waals surface area contributed by atoms with Crippen molar-refractivity contribution in [2.75, 3.05) is 11.9 Å². The van der Waals surface area contributed by atoms with E-state index in [0.29, 0.717) is 11.3 Å². The highest BCUT2D eigenvalue weighted by Crippen LogP contribution is 2.32. The lowest BCUT2D eigenvalue weighted by Crippen LogP contribution is -2.37. The Morgan fingerprint density at radius 1 is 1.22 bits per heavy atom. The molecular weight excluding hydrogens is 354 g/mol. The molecule has 2 heterocycles. The number of phenolic OH excluding ortho intramolecular Hbond substituents is 1. The molecule has 0 radical (unpaired) electrons. The van der Waals surface area contributed by atoms with Crippen LogP contribution in [0.2, 0.25) is 0 Å². The topological polar surface area (TPSA) is 80.0 Å². The Morgan fingerprint density at radius 3 is 2.67 bits per heavy atom. The molecule has 1 fully saturated rings. The maximum absolute atomic E-state index is 13.9. The molecule has 3 atom stereocenters. The van der Waals surface area contributed by atoms with Crippen LogP contribution in [-0.2, 0) is 0 Å². The van der Waals surface area contributed by atoms with Gasteiger partial charge < -0.3 is 14.6 Å². The van der Waals surface area contributed by atoms with Gasteiger partial charge in [-0.1, -0.05) is 0 Å². The number of anilines is 1. The molecule has 3 aromatic rings. The molecule has 9 heteroatoms. The molecule has 1 aromatic carbocycles. The van der Waals surface area contributed by atoms with Crippen LogP contribution >= 0.6 is 0 Å². The lowest BCUT2D eigenvalue weighted by atomic mass is 10.1. The molecule has 0 unspecified atom stereocenters. The summed E-state index contributed by atoms with van der Waals surface area (Å²) in [6, 6.07) is 4.51. The number of hydrogen-bond donors (Lipinski definition) is 1. The van der Waals surface area contributed by atoms with Crippen molar-refractivity contribution in [1.29, 1.82) is 0 Å². The summed E-state index contributed by atoms with van der Waals surface area (Å²) in [5.74, 6) is 0.244. The second-order valence-corrected chi connectivity index (χ2v) is 6.58. The first-order valence-electron chi connectivity index (χ1n) is 8.55. The van der Waals surface area contributed by atoms with E-state index in [-0.39, 0.29) is 24.5 Å². The van der Waals surface area contributed by atoms with Gasteiger partial charge in [0.25, 0.3) is 0 Å². The van der Waals surface area contributed by atoms with Gasteiger partial charge in [-0.15, -0.1) is 10.2 Å². The number of phenols is 1. The molecule has 7 nitrogen and oxygen atoms in total. The summed E-state index contributed by atoms with van der Waals surface area (Å²) in [4.78, 5) is 9.70. The molecular formula is C18H18F2N6O. The van der Waals surface area contributed by atoms with E-state index in [4.69, 9.17) is 0 Å². The first kappa shape index (κ1) is 17.3. The van der Waals surface area contributed by atoms with Gasteiger partial charge in [-0.05, 0) is 12.1 Å². The van der Waals surface area contributed by atoms with E-state index >= 15 is 0 Å². The highest BCUT2D eigenvalue weighted by Gasteiger charge is 2.38. The molecule has 1 aliphatic carbocycles. The van der Waals surface area contributed by atoms with E-state index in [1.165, 1.54) is 11.1 Å². The Morgan fingerprint density at radius 2 is 2.07 bits per heavy atom. The molecule has 27 heavy (non-hydrogen) atoms. The first-order chi connectivity index (χ1) is 13.0. The predicted molar refractivity (Wildman–Crippen MR) is 95.3 cm³/mol. The molecule has 1 saturated carbocycles. The molecule has 1 N–H and O–H groups in total. The van der Waals surface area contributed by atoms with E-state index in [0.717, 1.165) is 5.69 Å². The first-order valence-corrected chi connectivity index (χ1v) is 8.55. The van der Waals surface area contributed by atoms with Gasteiger partial charge in [-0.3, -0.25) is 0 Å². The lowest BCUT2D eigenvalue weighted by Gasteiger charge is -2.25. The smallest absolute Gasteiger partial charge is 0.245 e. The number of halogens is 2. The fraction of sp³-hybridized carbons (Fsp3) is 0.333. The largest absolute Gasteiger partial charge is 0.507 e. The number of hydrogen-bond acceptors (Lipinski definition) is 6. The van der Waals surface area contributed by atoms with Gasteiger partial charge in [0.2, 0.25) is 5.95 Å². The minimum absolute atomic E-state index is 0.0262. The zero-order valence-corrected chi connectivity index (χ0v) is 14.6. The van der Waals surface area contributed by atoms with Gasteiger partial charge in [-0.2, -0.15) is 0 Å². The zero-order chi connectivity index (χ0) is 19.0. The van der Waals surface area contributed by atoms with Crippen molar-refractivity contribution in [1.82, 2.24) is 24.7 Å². The van der Waals surface area contributed by atoms with Crippen molar-refractivity contribution in [3.8, 4) is 22.7 Å². The average molecular weight is 372 g/mol. The number of aromatic hydroxyl groups is 1. The third kappa shape index (κ3) is 3.32. The molecule has 0 bridgehead atoms. The Hall–Kier alpha value is -3.10. The van der Waals surface area contributed by atoms with E-state index in [1.54, 1.807) is 42.5 Å². The van der Waals surface area contributed by atoms with Crippen LogP contribution < -0.4 is 4.90 Å². The number of aromatic nitrogens is 5. The molecule has 0 spiro atoms. The molecule has 1 aliphatic rings. The van der Waals surface area contributed by atoms with Crippen LogP contribution in [0.1, 0.15) is 12.8 Å². The number of benzene rings is 1. The van der Waals surface area contributed by atoms with E-state index in [2.05, 4.69) is 20.2 Å². The minimum Gasteiger partial charge on any atom is -0.507 e. The monoisotopic (exact) mass is 372 g/mol. The van der Waals surface area contributed by atoms with E-state index in [1.807, 2.05) is 6.07 Å². The predicted octanol–water partition coefficient (Wildman–Crippen LogP) is 2.70. The molecule has 0 saturated heterocycles. The quantitative estimate of drug-likeness (QED) is 0.759. The maximum Gasteiger partial charge on any atom is 0.245 e. The fourth-order valence-electron chi connectivity index (χ4n) is 3.32. The molecule has 4 rings (SSSR count). The van der Waals surface area contributed by atoms with Crippen molar-refractivity contribution in [3.05, 3.63) is 43.1 Å². The zero-order valence-electron chi connectivity index (χ0n) is 14.6. The van der Waals surface area contributed by atoms with Gasteiger partial charge in [0.1, 0.15) is 23.8 Å². The van der Waals surface area contributed by atoms with E-state index in [9.17, 15) is 13.9 Å². The number of nitrogens with zero attached hydrogens (tertiary/aromatic N) is 6. The second kappa shape index (κ2) is 6.90. The Labute approximate surface area is 154 Å². The van der Waals surface area contributed by atoms with Crippen molar-refractivity contribution in [2.24, 2.45) is 0 Å². The Balaban J connectivity index is 1.55. The van der Waals surface area contributed by atoms with Crippen LogP contribution in [0.5, 0.6) is 5.75 Å². The molecule has 2 aromatic heterocycles. The van der Waals surface area contributed by atoms with Gasteiger partial charge in [0, 0.05) is 43.9 Å². The van der Waals surface area contributed by atoms with Gasteiger partial charge in [-0.25, -0.2) is 18.7 Å². The standard InChI is InChI=1S/C18H18F2N6O/c1-25(16-7-11(19)6-14(16)20)18-22-9-15(23-24-18)13-3-2-12(8-17(13)27)26-5-4-21-10-26/h2-5,8-11,14,16,27H,6-7H2,1H3/t11-,14+,16+/m0/s1. The summed E-state index contributed by atoms with van der Waals surface area (Å²) in [5, 5.41) is 18.4. The normalized spacial score (nSPS) is 22.1. The Bertz CT molecular complexity index is 918. The summed E-state index contributed by atoms with van der Waals surface area (Å²) in [5.41, 5.74) is 1.61. The summed E-state index contributed by atoms with van der Waals surface area (Å²) in [7, 11) is 1.63. The molecule has 140 valence electrons. The number of alkyl halides is 2. The maximum atomic E-state index is 13.9. The molecule has 0 aliphatic heterocycles. The summed E-state index contributed by atoms with van der Waals surface area (Å²) >= 11 is 0. The van der Waals surface area contributed by atoms with Gasteiger partial charge >= 0.3 is 0 Å². The van der Waals surface area contributed by atoms with Crippen molar-refractivity contribution in [3.63, 3.8) is 0 Å². The van der Waals surface area contributed by atoms with Crippen LogP contribution in [0, 0.1) is 0 Å². The Kier molecular flexibility index (Phi) is 4.43. The van der Waals surface area contributed by atoms with Crippen molar-refractivity contribution in [2.45, 2.75) is 31.2 Å². The number of imidazole rings is 1.